The molecule has 2 nitrogen and oxygen atoms in total. The Balaban J connectivity index is 1.99. The first-order chi connectivity index (χ1) is 8.29. The standard InChI is InChI=1S/C14H17NOS/c1-3-16-14-6-4-13(5-7-14)15-11(2)12-8-9-17-10-12/h4-11,15H,3H2,1-2H3. The van der Waals surface area contributed by atoms with E-state index in [-0.39, 0.29) is 0 Å². The van der Waals surface area contributed by atoms with Crippen LogP contribution in [0.25, 0.3) is 0 Å². The van der Waals surface area contributed by atoms with Gasteiger partial charge < -0.3 is 10.1 Å². The van der Waals surface area contributed by atoms with Gasteiger partial charge in [-0.2, -0.15) is 11.3 Å². The highest BCUT2D eigenvalue weighted by atomic mass is 32.1. The molecule has 90 valence electrons. The molecule has 17 heavy (non-hydrogen) atoms. The third kappa shape index (κ3) is 3.24. The molecule has 0 radical (unpaired) electrons. The maximum absolute atomic E-state index is 5.41. The molecule has 0 saturated heterocycles. The van der Waals surface area contributed by atoms with Crippen molar-refractivity contribution < 1.29 is 4.74 Å². The molecule has 0 saturated carbocycles. The van der Waals surface area contributed by atoms with Crippen LogP contribution in [0.2, 0.25) is 0 Å². The fraction of sp³-hybridized carbons (Fsp3) is 0.286. The van der Waals surface area contributed by atoms with Gasteiger partial charge in [-0.05, 0) is 60.5 Å². The lowest BCUT2D eigenvalue weighted by Crippen LogP contribution is -2.05. The highest BCUT2D eigenvalue weighted by molar-refractivity contribution is 7.07. The van der Waals surface area contributed by atoms with Crippen LogP contribution < -0.4 is 10.1 Å². The third-order valence-electron chi connectivity index (χ3n) is 2.59. The summed E-state index contributed by atoms with van der Waals surface area (Å²) in [7, 11) is 0. The van der Waals surface area contributed by atoms with Crippen LogP contribution in [0.5, 0.6) is 5.75 Å². The summed E-state index contributed by atoms with van der Waals surface area (Å²) in [5.41, 5.74) is 2.44. The Morgan fingerprint density at radius 2 is 2.00 bits per heavy atom. The molecule has 0 aliphatic carbocycles. The number of hydrogen-bond acceptors (Lipinski definition) is 3. The van der Waals surface area contributed by atoms with Gasteiger partial charge in [0.15, 0.2) is 0 Å². The molecule has 3 heteroatoms. The second kappa shape index (κ2) is 5.73. The summed E-state index contributed by atoms with van der Waals surface area (Å²) < 4.78 is 5.41. The Bertz CT molecular complexity index is 436. The molecule has 2 rings (SSSR count). The predicted octanol–water partition coefficient (Wildman–Crippen LogP) is 4.32. The van der Waals surface area contributed by atoms with Crippen LogP contribution in [-0.2, 0) is 0 Å². The van der Waals surface area contributed by atoms with Gasteiger partial charge in [-0.1, -0.05) is 0 Å². The first-order valence-electron chi connectivity index (χ1n) is 5.81. The van der Waals surface area contributed by atoms with E-state index in [0.29, 0.717) is 12.6 Å². The molecule has 1 heterocycles. The molecule has 0 amide bonds. The van der Waals surface area contributed by atoms with E-state index in [9.17, 15) is 0 Å². The minimum absolute atomic E-state index is 0.333. The van der Waals surface area contributed by atoms with Crippen LogP contribution >= 0.6 is 11.3 Å². The Kier molecular flexibility index (Phi) is 4.04. The molecule has 1 unspecified atom stereocenters. The summed E-state index contributed by atoms with van der Waals surface area (Å²) in [6.07, 6.45) is 0. The number of thiophene rings is 1. The van der Waals surface area contributed by atoms with E-state index < -0.39 is 0 Å². The molecule has 1 aromatic heterocycles. The summed E-state index contributed by atoms with van der Waals surface area (Å²) >= 11 is 1.73. The van der Waals surface area contributed by atoms with Crippen LogP contribution in [0.4, 0.5) is 5.69 Å². The summed E-state index contributed by atoms with van der Waals surface area (Å²) in [5.74, 6) is 0.918. The minimum Gasteiger partial charge on any atom is -0.494 e. The Labute approximate surface area is 106 Å². The summed E-state index contributed by atoms with van der Waals surface area (Å²) in [4.78, 5) is 0. The fourth-order valence-electron chi connectivity index (χ4n) is 1.67. The molecular formula is C14H17NOS. The lowest BCUT2D eigenvalue weighted by molar-refractivity contribution is 0.340. The number of anilines is 1. The van der Waals surface area contributed by atoms with E-state index in [1.165, 1.54) is 5.56 Å². The van der Waals surface area contributed by atoms with Gasteiger partial charge in [0.05, 0.1) is 6.61 Å². The van der Waals surface area contributed by atoms with E-state index in [1.54, 1.807) is 11.3 Å². The SMILES string of the molecule is CCOc1ccc(NC(C)c2ccsc2)cc1. The van der Waals surface area contributed by atoms with Gasteiger partial charge >= 0.3 is 0 Å². The highest BCUT2D eigenvalue weighted by Crippen LogP contribution is 2.22. The molecule has 0 bridgehead atoms. The number of rotatable bonds is 5. The van der Waals surface area contributed by atoms with Gasteiger partial charge in [-0.25, -0.2) is 0 Å². The van der Waals surface area contributed by atoms with Crippen molar-refractivity contribution in [2.75, 3.05) is 11.9 Å². The molecule has 0 spiro atoms. The van der Waals surface area contributed by atoms with E-state index in [1.807, 2.05) is 31.2 Å². The predicted molar refractivity (Wildman–Crippen MR) is 74.0 cm³/mol. The van der Waals surface area contributed by atoms with E-state index in [0.717, 1.165) is 11.4 Å². The van der Waals surface area contributed by atoms with Gasteiger partial charge in [0.1, 0.15) is 5.75 Å². The maximum Gasteiger partial charge on any atom is 0.119 e. The topological polar surface area (TPSA) is 21.3 Å². The first-order valence-corrected chi connectivity index (χ1v) is 6.75. The lowest BCUT2D eigenvalue weighted by atomic mass is 10.1. The van der Waals surface area contributed by atoms with Crippen molar-refractivity contribution >= 4 is 17.0 Å². The van der Waals surface area contributed by atoms with Crippen molar-refractivity contribution in [1.82, 2.24) is 0 Å². The Morgan fingerprint density at radius 1 is 1.24 bits per heavy atom. The van der Waals surface area contributed by atoms with Crippen molar-refractivity contribution in [3.05, 3.63) is 46.7 Å². The molecule has 1 N–H and O–H groups in total. The van der Waals surface area contributed by atoms with Crippen molar-refractivity contribution in [2.45, 2.75) is 19.9 Å². The van der Waals surface area contributed by atoms with Crippen molar-refractivity contribution in [3.8, 4) is 5.75 Å². The zero-order chi connectivity index (χ0) is 12.1. The molecular weight excluding hydrogens is 230 g/mol. The summed E-state index contributed by atoms with van der Waals surface area (Å²) in [6.45, 7) is 4.86. The van der Waals surface area contributed by atoms with E-state index in [4.69, 9.17) is 4.74 Å². The van der Waals surface area contributed by atoms with Crippen molar-refractivity contribution in [2.24, 2.45) is 0 Å². The number of hydrogen-bond donors (Lipinski definition) is 1. The molecule has 0 aliphatic heterocycles. The smallest absolute Gasteiger partial charge is 0.119 e. The number of nitrogens with one attached hydrogen (secondary N) is 1. The second-order valence-electron chi connectivity index (χ2n) is 3.88. The molecule has 2 aromatic rings. The Morgan fingerprint density at radius 3 is 2.59 bits per heavy atom. The van der Waals surface area contributed by atoms with Crippen LogP contribution in [0.1, 0.15) is 25.5 Å². The third-order valence-corrected chi connectivity index (χ3v) is 3.29. The van der Waals surface area contributed by atoms with Gasteiger partial charge in [0, 0.05) is 11.7 Å². The second-order valence-corrected chi connectivity index (χ2v) is 4.66. The maximum atomic E-state index is 5.41. The molecule has 0 fully saturated rings. The van der Waals surface area contributed by atoms with Crippen molar-refractivity contribution in [1.29, 1.82) is 0 Å². The van der Waals surface area contributed by atoms with Crippen LogP contribution in [0.15, 0.2) is 41.1 Å². The highest BCUT2D eigenvalue weighted by Gasteiger charge is 2.05. The monoisotopic (exact) mass is 247 g/mol. The number of benzene rings is 1. The average Bonchev–Trinajstić information content (AvgIpc) is 2.86. The fourth-order valence-corrected chi connectivity index (χ4v) is 2.42. The lowest BCUT2D eigenvalue weighted by Gasteiger charge is -2.14. The van der Waals surface area contributed by atoms with Gasteiger partial charge in [0.25, 0.3) is 0 Å². The van der Waals surface area contributed by atoms with Gasteiger partial charge in [0.2, 0.25) is 0 Å². The van der Waals surface area contributed by atoms with Gasteiger partial charge in [-0.15, -0.1) is 0 Å². The summed E-state index contributed by atoms with van der Waals surface area (Å²) in [5, 5.41) is 7.74. The largest absolute Gasteiger partial charge is 0.494 e. The van der Waals surface area contributed by atoms with Crippen LogP contribution in [0.3, 0.4) is 0 Å². The zero-order valence-corrected chi connectivity index (χ0v) is 11.0. The van der Waals surface area contributed by atoms with Crippen molar-refractivity contribution in [3.63, 3.8) is 0 Å². The van der Waals surface area contributed by atoms with Gasteiger partial charge in [-0.3, -0.25) is 0 Å². The normalized spacial score (nSPS) is 12.1. The quantitative estimate of drug-likeness (QED) is 0.849. The van der Waals surface area contributed by atoms with E-state index >= 15 is 0 Å². The minimum atomic E-state index is 0.333. The van der Waals surface area contributed by atoms with Crippen LogP contribution in [-0.4, -0.2) is 6.61 Å². The molecule has 0 aliphatic rings. The zero-order valence-electron chi connectivity index (χ0n) is 10.1. The van der Waals surface area contributed by atoms with E-state index in [2.05, 4.69) is 29.1 Å². The van der Waals surface area contributed by atoms with Crippen LogP contribution in [0, 0.1) is 0 Å². The number of ether oxygens (including phenoxy) is 1. The molecule has 1 atom stereocenters. The summed E-state index contributed by atoms with van der Waals surface area (Å²) in [6, 6.07) is 10.6. The Hall–Kier alpha value is -1.48. The average molecular weight is 247 g/mol. The molecule has 1 aromatic carbocycles. The first kappa shape index (κ1) is 12.0.